The lowest BCUT2D eigenvalue weighted by atomic mass is 9.69. The van der Waals surface area contributed by atoms with E-state index in [1.165, 1.54) is 6.07 Å². The summed E-state index contributed by atoms with van der Waals surface area (Å²) in [5.74, 6) is -0.315. The monoisotopic (exact) mass is 382 g/mol. The predicted octanol–water partition coefficient (Wildman–Crippen LogP) is 3.41. The van der Waals surface area contributed by atoms with Crippen molar-refractivity contribution in [3.8, 4) is 11.1 Å². The number of hydrogen-bond donors (Lipinski definition) is 1. The van der Waals surface area contributed by atoms with Crippen LogP contribution in [-0.2, 0) is 0 Å². The lowest BCUT2D eigenvalue weighted by molar-refractivity contribution is -0.0601. The average molecular weight is 382 g/mol. The van der Waals surface area contributed by atoms with E-state index in [-0.39, 0.29) is 29.8 Å². The van der Waals surface area contributed by atoms with Gasteiger partial charge in [0.1, 0.15) is 5.82 Å². The van der Waals surface area contributed by atoms with Crippen LogP contribution in [0.4, 0.5) is 4.39 Å². The fourth-order valence-corrected chi connectivity index (χ4v) is 4.90. The molecule has 5 heteroatoms. The third-order valence-corrected chi connectivity index (χ3v) is 6.59. The standard InChI is InChI=1S/C23H27FN2O2/c1-25-12-5-10-23(16-27)11-13-26(15-21(23)25)22(28)18-7-4-6-17(14-18)19-8-2-3-9-20(19)24/h2-4,6-9,14,21,27H,5,10-13,15-16H2,1H3/t21-,23-/m1/s1. The van der Waals surface area contributed by atoms with Crippen LogP contribution in [0.1, 0.15) is 29.6 Å². The summed E-state index contributed by atoms with van der Waals surface area (Å²) in [6.45, 7) is 2.44. The van der Waals surface area contributed by atoms with Crippen LogP contribution in [0.5, 0.6) is 0 Å². The molecule has 0 aromatic heterocycles. The Labute approximate surface area is 165 Å². The fourth-order valence-electron chi connectivity index (χ4n) is 4.90. The van der Waals surface area contributed by atoms with Crippen molar-refractivity contribution in [1.82, 2.24) is 9.80 Å². The van der Waals surface area contributed by atoms with Crippen molar-refractivity contribution in [2.45, 2.75) is 25.3 Å². The van der Waals surface area contributed by atoms with Gasteiger partial charge in [-0.15, -0.1) is 0 Å². The molecule has 2 saturated heterocycles. The van der Waals surface area contributed by atoms with Gasteiger partial charge in [0, 0.05) is 35.7 Å². The smallest absolute Gasteiger partial charge is 0.253 e. The minimum atomic E-state index is -0.290. The van der Waals surface area contributed by atoms with Gasteiger partial charge in [-0.05, 0) is 56.6 Å². The first-order valence-corrected chi connectivity index (χ1v) is 9.99. The lowest BCUT2D eigenvalue weighted by Crippen LogP contribution is -2.62. The van der Waals surface area contributed by atoms with E-state index in [9.17, 15) is 14.3 Å². The molecule has 0 saturated carbocycles. The predicted molar refractivity (Wildman–Crippen MR) is 108 cm³/mol. The number of hydrogen-bond acceptors (Lipinski definition) is 3. The minimum Gasteiger partial charge on any atom is -0.396 e. The minimum absolute atomic E-state index is 0.0243. The average Bonchev–Trinajstić information content (AvgIpc) is 2.73. The van der Waals surface area contributed by atoms with E-state index in [0.717, 1.165) is 25.8 Å². The number of likely N-dealkylation sites (N-methyl/N-ethyl adjacent to an activating group) is 1. The van der Waals surface area contributed by atoms with Gasteiger partial charge in [0.05, 0.1) is 6.61 Å². The molecule has 2 aliphatic rings. The largest absolute Gasteiger partial charge is 0.396 e. The van der Waals surface area contributed by atoms with Crippen molar-refractivity contribution in [2.24, 2.45) is 5.41 Å². The molecule has 0 unspecified atom stereocenters. The summed E-state index contributed by atoms with van der Waals surface area (Å²) in [6.07, 6.45) is 2.92. The van der Waals surface area contributed by atoms with E-state index in [4.69, 9.17) is 0 Å². The highest BCUT2D eigenvalue weighted by molar-refractivity contribution is 5.95. The Morgan fingerprint density at radius 1 is 1.18 bits per heavy atom. The number of rotatable bonds is 3. The molecule has 0 aliphatic carbocycles. The Morgan fingerprint density at radius 3 is 2.79 bits per heavy atom. The molecule has 0 radical (unpaired) electrons. The van der Waals surface area contributed by atoms with Crippen molar-refractivity contribution in [1.29, 1.82) is 0 Å². The van der Waals surface area contributed by atoms with Crippen LogP contribution in [0.3, 0.4) is 0 Å². The Balaban J connectivity index is 1.57. The van der Waals surface area contributed by atoms with Gasteiger partial charge in [0.15, 0.2) is 0 Å². The van der Waals surface area contributed by atoms with E-state index >= 15 is 0 Å². The number of likely N-dealkylation sites (tertiary alicyclic amines) is 2. The van der Waals surface area contributed by atoms with Gasteiger partial charge in [0.25, 0.3) is 5.91 Å². The third kappa shape index (κ3) is 3.33. The van der Waals surface area contributed by atoms with Crippen molar-refractivity contribution in [3.05, 3.63) is 59.9 Å². The molecule has 4 nitrogen and oxygen atoms in total. The van der Waals surface area contributed by atoms with Crippen LogP contribution in [0.2, 0.25) is 0 Å². The Hall–Kier alpha value is -2.24. The van der Waals surface area contributed by atoms with Gasteiger partial charge in [-0.3, -0.25) is 4.79 Å². The molecule has 0 bridgehead atoms. The quantitative estimate of drug-likeness (QED) is 0.885. The molecule has 2 aromatic rings. The molecule has 1 amide bonds. The van der Waals surface area contributed by atoms with Crippen molar-refractivity contribution < 1.29 is 14.3 Å². The summed E-state index contributed by atoms with van der Waals surface area (Å²) in [6, 6.07) is 14.0. The Morgan fingerprint density at radius 2 is 2.00 bits per heavy atom. The highest BCUT2D eigenvalue weighted by Crippen LogP contribution is 2.41. The first-order chi connectivity index (χ1) is 13.5. The lowest BCUT2D eigenvalue weighted by Gasteiger charge is -2.53. The van der Waals surface area contributed by atoms with Crippen LogP contribution in [0.15, 0.2) is 48.5 Å². The highest BCUT2D eigenvalue weighted by atomic mass is 19.1. The number of benzene rings is 2. The summed E-state index contributed by atoms with van der Waals surface area (Å²) in [5, 5.41) is 10.1. The number of piperidine rings is 2. The highest BCUT2D eigenvalue weighted by Gasteiger charge is 2.47. The fraction of sp³-hybridized carbons (Fsp3) is 0.435. The summed E-state index contributed by atoms with van der Waals surface area (Å²) < 4.78 is 14.1. The van der Waals surface area contributed by atoms with Gasteiger partial charge < -0.3 is 14.9 Å². The third-order valence-electron chi connectivity index (χ3n) is 6.59. The van der Waals surface area contributed by atoms with Gasteiger partial charge in [-0.25, -0.2) is 4.39 Å². The number of aliphatic hydroxyl groups is 1. The van der Waals surface area contributed by atoms with E-state index in [0.29, 0.717) is 29.8 Å². The zero-order chi connectivity index (χ0) is 19.7. The topological polar surface area (TPSA) is 43.8 Å². The molecule has 4 rings (SSSR count). The van der Waals surface area contributed by atoms with E-state index in [1.807, 2.05) is 17.0 Å². The Bertz CT molecular complexity index is 871. The summed E-state index contributed by atoms with van der Waals surface area (Å²) in [5.41, 5.74) is 1.69. The summed E-state index contributed by atoms with van der Waals surface area (Å²) >= 11 is 0. The molecule has 0 spiro atoms. The number of carbonyl (C=O) groups is 1. The number of amides is 1. The SMILES string of the molecule is CN1CCC[C@]2(CO)CCN(C(=O)c3cccc(-c4ccccc4F)c3)C[C@@H]12. The van der Waals surface area contributed by atoms with Crippen LogP contribution >= 0.6 is 0 Å². The van der Waals surface area contributed by atoms with Gasteiger partial charge in [0.2, 0.25) is 0 Å². The van der Waals surface area contributed by atoms with Gasteiger partial charge >= 0.3 is 0 Å². The molecule has 2 heterocycles. The number of halogens is 1. The Kier molecular flexibility index (Phi) is 5.21. The van der Waals surface area contributed by atoms with Gasteiger partial charge in [-0.1, -0.05) is 30.3 Å². The maximum absolute atomic E-state index is 14.1. The normalized spacial score (nSPS) is 25.4. The number of aliphatic hydroxyl groups excluding tert-OH is 1. The molecular formula is C23H27FN2O2. The van der Waals surface area contributed by atoms with Crippen molar-refractivity contribution >= 4 is 5.91 Å². The van der Waals surface area contributed by atoms with Crippen LogP contribution in [-0.4, -0.2) is 60.1 Å². The second-order valence-electron chi connectivity index (χ2n) is 8.18. The second kappa shape index (κ2) is 7.64. The number of carbonyl (C=O) groups excluding carboxylic acids is 1. The molecule has 2 aromatic carbocycles. The summed E-state index contributed by atoms with van der Waals surface area (Å²) in [4.78, 5) is 17.4. The number of nitrogens with zero attached hydrogens (tertiary/aromatic N) is 2. The first kappa shape index (κ1) is 19.1. The molecule has 2 aliphatic heterocycles. The van der Waals surface area contributed by atoms with Crippen molar-refractivity contribution in [2.75, 3.05) is 33.3 Å². The van der Waals surface area contributed by atoms with Crippen LogP contribution < -0.4 is 0 Å². The van der Waals surface area contributed by atoms with E-state index < -0.39 is 0 Å². The van der Waals surface area contributed by atoms with E-state index in [1.54, 1.807) is 30.3 Å². The molecule has 1 N–H and O–H groups in total. The molecule has 2 atom stereocenters. The second-order valence-corrected chi connectivity index (χ2v) is 8.18. The van der Waals surface area contributed by atoms with Crippen LogP contribution in [0, 0.1) is 11.2 Å². The molecular weight excluding hydrogens is 355 g/mol. The van der Waals surface area contributed by atoms with Crippen molar-refractivity contribution in [3.63, 3.8) is 0 Å². The van der Waals surface area contributed by atoms with E-state index in [2.05, 4.69) is 11.9 Å². The van der Waals surface area contributed by atoms with Crippen LogP contribution in [0.25, 0.3) is 11.1 Å². The molecule has 148 valence electrons. The number of fused-ring (bicyclic) bond motifs is 1. The zero-order valence-electron chi connectivity index (χ0n) is 16.3. The van der Waals surface area contributed by atoms with Gasteiger partial charge in [-0.2, -0.15) is 0 Å². The molecule has 2 fully saturated rings. The summed E-state index contributed by atoms with van der Waals surface area (Å²) in [7, 11) is 2.08. The maximum atomic E-state index is 14.1. The molecule has 28 heavy (non-hydrogen) atoms. The first-order valence-electron chi connectivity index (χ1n) is 9.99. The maximum Gasteiger partial charge on any atom is 0.253 e. The zero-order valence-corrected chi connectivity index (χ0v) is 16.3.